The minimum atomic E-state index is -3.03. The lowest BCUT2D eigenvalue weighted by molar-refractivity contribution is -0.266. The standard InChI is InChI=1S/C24H34FN4O9P/c1-5-16(6-2)36-18(30)15(3)28-39(34)38-23(11-8-7-9-12-23)35-14-24(25)19(31)22(4,33)20(37-24)29-13-10-17(26)27-21(29)32/h7-11,13,15-16,19-20,31,33H,5-6,12,14H2,1-4H3,(H2,26,27,32)/t15-,19-,20+,22+,23?,24+/m0/s1. The maximum Gasteiger partial charge on any atom is 0.351 e. The molecule has 2 unspecified atom stereocenters. The van der Waals surface area contributed by atoms with Crippen molar-refractivity contribution in [1.29, 1.82) is 0 Å². The number of aromatic nitrogens is 2. The SMILES string of the molecule is CCC(CC)OC(=O)[C@H](C)N=[P+]([O-])OC1(OC[C@@]2(F)O[C@@H](n3ccc(N)nc3=O)[C@](C)(O)[C@@H]2O)C=CC=CC1. The summed E-state index contributed by atoms with van der Waals surface area (Å²) >= 11 is 0. The largest absolute Gasteiger partial charge is 0.583 e. The van der Waals surface area contributed by atoms with Gasteiger partial charge in [-0.3, -0.25) is 4.57 Å². The quantitative estimate of drug-likeness (QED) is 0.197. The zero-order chi connectivity index (χ0) is 29.0. The maximum atomic E-state index is 15.9. The normalized spacial score (nSPS) is 31.6. The summed E-state index contributed by atoms with van der Waals surface area (Å²) in [5.41, 5.74) is 2.26. The summed E-state index contributed by atoms with van der Waals surface area (Å²) in [5.74, 6) is -5.61. The van der Waals surface area contributed by atoms with E-state index in [4.69, 9.17) is 24.5 Å². The number of hydrogen-bond acceptors (Lipinski definition) is 12. The van der Waals surface area contributed by atoms with Gasteiger partial charge in [0.15, 0.2) is 12.3 Å². The number of anilines is 1. The van der Waals surface area contributed by atoms with Crippen LogP contribution in [-0.2, 0) is 23.5 Å². The number of nitrogens with two attached hydrogens (primary N) is 1. The molecule has 15 heteroatoms. The first-order chi connectivity index (χ1) is 18.3. The molecule has 0 spiro atoms. The second kappa shape index (κ2) is 12.3. The average Bonchev–Trinajstić information content (AvgIpc) is 3.06. The Morgan fingerprint density at radius 3 is 2.72 bits per heavy atom. The van der Waals surface area contributed by atoms with Crippen LogP contribution in [0.4, 0.5) is 10.2 Å². The van der Waals surface area contributed by atoms with Gasteiger partial charge in [-0.1, -0.05) is 36.8 Å². The van der Waals surface area contributed by atoms with E-state index in [1.54, 1.807) is 12.2 Å². The van der Waals surface area contributed by atoms with E-state index in [-0.39, 0.29) is 18.3 Å². The van der Waals surface area contributed by atoms with Crippen molar-refractivity contribution in [3.63, 3.8) is 0 Å². The van der Waals surface area contributed by atoms with Crippen LogP contribution in [0.3, 0.4) is 0 Å². The Labute approximate surface area is 225 Å². The molecule has 4 N–H and O–H groups in total. The molecule has 1 aromatic rings. The number of ether oxygens (including phenoxy) is 3. The Hall–Kier alpha value is -2.58. The Morgan fingerprint density at radius 1 is 1.44 bits per heavy atom. The van der Waals surface area contributed by atoms with Gasteiger partial charge in [0.1, 0.15) is 30.2 Å². The van der Waals surface area contributed by atoms with Gasteiger partial charge in [0.05, 0.1) is 0 Å². The first-order valence-corrected chi connectivity index (χ1v) is 13.6. The first-order valence-electron chi connectivity index (χ1n) is 12.4. The summed E-state index contributed by atoms with van der Waals surface area (Å²) in [6.07, 6.45) is 4.29. The number of hydrogen-bond donors (Lipinski definition) is 3. The van der Waals surface area contributed by atoms with Crippen LogP contribution in [0.5, 0.6) is 0 Å². The molecule has 2 heterocycles. The molecule has 1 saturated heterocycles. The van der Waals surface area contributed by atoms with Crippen LogP contribution >= 0.6 is 8.17 Å². The van der Waals surface area contributed by atoms with Gasteiger partial charge in [0.25, 0.3) is 5.85 Å². The van der Waals surface area contributed by atoms with Gasteiger partial charge < -0.3 is 35.1 Å². The molecule has 1 aliphatic heterocycles. The van der Waals surface area contributed by atoms with Crippen LogP contribution in [0.15, 0.2) is 46.1 Å². The molecule has 2 aliphatic rings. The number of aliphatic hydroxyl groups is 2. The van der Waals surface area contributed by atoms with Crippen LogP contribution in [0.2, 0.25) is 0 Å². The Bertz CT molecular complexity index is 1190. The van der Waals surface area contributed by atoms with Crippen molar-refractivity contribution >= 4 is 20.0 Å². The number of halogens is 1. The zero-order valence-electron chi connectivity index (χ0n) is 22.1. The molecule has 1 fully saturated rings. The van der Waals surface area contributed by atoms with Crippen molar-refractivity contribution in [3.05, 3.63) is 47.1 Å². The highest BCUT2D eigenvalue weighted by Gasteiger charge is 2.64. The van der Waals surface area contributed by atoms with Gasteiger partial charge in [0, 0.05) is 12.6 Å². The van der Waals surface area contributed by atoms with Crippen molar-refractivity contribution in [2.45, 2.75) is 88.7 Å². The molecule has 0 saturated carbocycles. The molecule has 13 nitrogen and oxygen atoms in total. The lowest BCUT2D eigenvalue weighted by Crippen LogP contribution is -2.51. The molecule has 7 atom stereocenters. The fourth-order valence-corrected chi connectivity index (χ4v) is 4.94. The third-order valence-corrected chi connectivity index (χ3v) is 7.42. The van der Waals surface area contributed by atoms with Crippen molar-refractivity contribution in [2.75, 3.05) is 12.3 Å². The highest BCUT2D eigenvalue weighted by Crippen LogP contribution is 2.46. The molecule has 3 rings (SSSR count). The summed E-state index contributed by atoms with van der Waals surface area (Å²) in [5, 5.41) is 21.5. The van der Waals surface area contributed by atoms with E-state index in [0.29, 0.717) is 12.8 Å². The topological polar surface area (TPSA) is 191 Å². The summed E-state index contributed by atoms with van der Waals surface area (Å²) < 4.78 is 42.4. The number of esters is 1. The lowest BCUT2D eigenvalue weighted by Gasteiger charge is -2.31. The number of nitrogens with zero attached hydrogens (tertiary/aromatic N) is 3. The Balaban J connectivity index is 1.77. The molecular weight excluding hydrogens is 538 g/mol. The van der Waals surface area contributed by atoms with Crippen LogP contribution in [-0.4, -0.2) is 67.8 Å². The van der Waals surface area contributed by atoms with Gasteiger partial charge in [-0.05, 0) is 38.8 Å². The van der Waals surface area contributed by atoms with Gasteiger partial charge in [-0.25, -0.2) is 14.0 Å². The summed E-state index contributed by atoms with van der Waals surface area (Å²) in [7, 11) is -2.86. The summed E-state index contributed by atoms with van der Waals surface area (Å²) in [6.45, 7) is 5.21. The third-order valence-electron chi connectivity index (χ3n) is 6.42. The fraction of sp³-hybridized carbons (Fsp3) is 0.625. The smallest absolute Gasteiger partial charge is 0.351 e. The van der Waals surface area contributed by atoms with E-state index in [0.717, 1.165) is 17.7 Å². The van der Waals surface area contributed by atoms with Crippen LogP contribution in [0.25, 0.3) is 0 Å². The molecule has 216 valence electrons. The highest BCUT2D eigenvalue weighted by molar-refractivity contribution is 7.33. The molecule has 0 radical (unpaired) electrons. The zero-order valence-corrected chi connectivity index (χ0v) is 23.0. The molecule has 39 heavy (non-hydrogen) atoms. The average molecular weight is 573 g/mol. The number of nitrogen functional groups attached to an aromatic ring is 1. The predicted molar refractivity (Wildman–Crippen MR) is 135 cm³/mol. The van der Waals surface area contributed by atoms with E-state index in [1.165, 1.54) is 25.1 Å². The number of rotatable bonds is 11. The summed E-state index contributed by atoms with van der Waals surface area (Å²) in [4.78, 5) is 40.8. The third kappa shape index (κ3) is 6.95. The second-order valence-electron chi connectivity index (χ2n) is 9.51. The Morgan fingerprint density at radius 2 is 2.13 bits per heavy atom. The van der Waals surface area contributed by atoms with E-state index in [2.05, 4.69) is 9.73 Å². The molecule has 1 aromatic heterocycles. The van der Waals surface area contributed by atoms with Gasteiger partial charge in [-0.2, -0.15) is 4.98 Å². The molecule has 1 aliphatic carbocycles. The predicted octanol–water partition coefficient (Wildman–Crippen LogP) is 1.35. The van der Waals surface area contributed by atoms with Crippen LogP contribution in [0.1, 0.15) is 53.2 Å². The van der Waals surface area contributed by atoms with Gasteiger partial charge in [0.2, 0.25) is 5.79 Å². The number of allylic oxidation sites excluding steroid dienone is 2. The van der Waals surface area contributed by atoms with Gasteiger partial charge >= 0.3 is 19.8 Å². The second-order valence-corrected chi connectivity index (χ2v) is 10.4. The van der Waals surface area contributed by atoms with E-state index in [1.807, 2.05) is 13.8 Å². The molecular formula is C24H34FN4O9P. The van der Waals surface area contributed by atoms with Crippen LogP contribution < -0.4 is 16.3 Å². The molecule has 0 amide bonds. The van der Waals surface area contributed by atoms with Crippen molar-refractivity contribution in [2.24, 2.45) is 4.74 Å². The maximum absolute atomic E-state index is 15.9. The summed E-state index contributed by atoms with van der Waals surface area (Å²) in [6, 6.07) is 0.135. The number of carbonyl (C=O) groups excluding carboxylic acids is 1. The van der Waals surface area contributed by atoms with E-state index < -0.39 is 62.1 Å². The van der Waals surface area contributed by atoms with Crippen molar-refractivity contribution < 1.29 is 43.0 Å². The van der Waals surface area contributed by atoms with E-state index in [9.17, 15) is 24.7 Å². The first kappa shape index (κ1) is 31.0. The minimum Gasteiger partial charge on any atom is -0.583 e. The molecule has 0 aromatic carbocycles. The molecule has 0 bridgehead atoms. The van der Waals surface area contributed by atoms with E-state index >= 15 is 4.39 Å². The Kier molecular flexibility index (Phi) is 9.76. The van der Waals surface area contributed by atoms with Crippen LogP contribution in [0, 0.1) is 0 Å². The monoisotopic (exact) mass is 572 g/mol. The van der Waals surface area contributed by atoms with Crippen molar-refractivity contribution in [3.8, 4) is 0 Å². The lowest BCUT2D eigenvalue weighted by atomic mass is 9.95. The van der Waals surface area contributed by atoms with Crippen molar-refractivity contribution in [1.82, 2.24) is 9.55 Å². The minimum absolute atomic E-state index is 0.0278. The fourth-order valence-electron chi connectivity index (χ4n) is 4.06. The highest BCUT2D eigenvalue weighted by atomic mass is 31.1. The number of aliphatic hydroxyl groups excluding tert-OH is 1. The number of alkyl halides is 1. The number of carbonyl (C=O) groups is 1. The van der Waals surface area contributed by atoms with Gasteiger partial charge in [-0.15, -0.1) is 4.52 Å².